The van der Waals surface area contributed by atoms with Gasteiger partial charge < -0.3 is 19.7 Å². The van der Waals surface area contributed by atoms with Gasteiger partial charge in [0, 0.05) is 29.1 Å². The second-order valence-electron chi connectivity index (χ2n) is 11.4. The van der Waals surface area contributed by atoms with Crippen molar-refractivity contribution in [1.82, 2.24) is 14.7 Å². The maximum Gasteiger partial charge on any atom is 0.435 e. The molecule has 0 radical (unpaired) electrons. The second-order valence-corrected chi connectivity index (χ2v) is 11.8. The zero-order valence-corrected chi connectivity index (χ0v) is 25.3. The van der Waals surface area contributed by atoms with Crippen molar-refractivity contribution in [1.29, 1.82) is 5.26 Å². The second kappa shape index (κ2) is 12.8. The SMILES string of the molecule is CCC(CC)OC(=O)n1nc(NC(=O)[C@@H]2CCCN(C(=O)OC(C)(C)C)C2)c2cc(-c3cc(C#N)ccc3Cl)ccc21. The topological polar surface area (TPSA) is 127 Å². The molecule has 2 amide bonds. The average Bonchev–Trinajstić information content (AvgIpc) is 3.32. The number of carbonyl (C=O) groups excluding carboxylic acids is 3. The molecule has 1 saturated heterocycles. The van der Waals surface area contributed by atoms with Crippen LogP contribution in [-0.2, 0) is 14.3 Å². The largest absolute Gasteiger partial charge is 0.445 e. The molecule has 222 valence electrons. The van der Waals surface area contributed by atoms with Crippen molar-refractivity contribution in [3.63, 3.8) is 0 Å². The molecular weight excluding hydrogens is 558 g/mol. The van der Waals surface area contributed by atoms with E-state index in [2.05, 4.69) is 16.5 Å². The van der Waals surface area contributed by atoms with Crippen molar-refractivity contribution in [2.24, 2.45) is 5.92 Å². The number of rotatable bonds is 6. The standard InChI is InChI=1S/C31H36ClN5O5/c1-6-22(7-2)41-30(40)37-26-13-11-20(23-15-19(17-33)10-12-25(23)32)16-24(26)27(35-37)34-28(38)21-9-8-14-36(18-21)29(39)42-31(3,4)5/h10-13,15-16,21-22H,6-9,14,18H2,1-5H3,(H,34,35,38)/t21-/m1/s1. The van der Waals surface area contributed by atoms with Gasteiger partial charge in [-0.2, -0.15) is 9.94 Å². The van der Waals surface area contributed by atoms with Gasteiger partial charge in [-0.25, -0.2) is 9.59 Å². The summed E-state index contributed by atoms with van der Waals surface area (Å²) >= 11 is 6.47. The van der Waals surface area contributed by atoms with E-state index in [1.165, 1.54) is 0 Å². The number of nitrogens with one attached hydrogen (secondary N) is 1. The summed E-state index contributed by atoms with van der Waals surface area (Å²) in [4.78, 5) is 40.9. The molecule has 10 nitrogen and oxygen atoms in total. The fraction of sp³-hybridized carbons (Fsp3) is 0.452. The van der Waals surface area contributed by atoms with Crippen molar-refractivity contribution in [2.45, 2.75) is 72.0 Å². The van der Waals surface area contributed by atoms with Crippen molar-refractivity contribution in [3.05, 3.63) is 47.0 Å². The lowest BCUT2D eigenvalue weighted by atomic mass is 9.97. The number of amides is 2. The fourth-order valence-electron chi connectivity index (χ4n) is 4.88. The summed E-state index contributed by atoms with van der Waals surface area (Å²) in [5, 5.41) is 17.7. The number of benzene rings is 2. The van der Waals surface area contributed by atoms with E-state index in [9.17, 15) is 19.6 Å². The van der Waals surface area contributed by atoms with E-state index < -0.39 is 23.7 Å². The number of aromatic nitrogens is 2. The molecule has 1 aliphatic heterocycles. The first-order valence-electron chi connectivity index (χ1n) is 14.2. The number of anilines is 1. The van der Waals surface area contributed by atoms with E-state index in [0.29, 0.717) is 64.8 Å². The van der Waals surface area contributed by atoms with Crippen molar-refractivity contribution < 1.29 is 23.9 Å². The van der Waals surface area contributed by atoms with Crippen LogP contribution in [0.2, 0.25) is 5.02 Å². The summed E-state index contributed by atoms with van der Waals surface area (Å²) in [6.07, 6.45) is 1.15. The molecule has 0 spiro atoms. The first kappa shape index (κ1) is 30.8. The Morgan fingerprint density at radius 1 is 1.14 bits per heavy atom. The lowest BCUT2D eigenvalue weighted by Crippen LogP contribution is -2.45. The minimum atomic E-state index is -0.653. The molecular formula is C31H36ClN5O5. The van der Waals surface area contributed by atoms with Gasteiger partial charge in [0.05, 0.1) is 23.1 Å². The Hall–Kier alpha value is -4.10. The third kappa shape index (κ3) is 7.02. The highest BCUT2D eigenvalue weighted by molar-refractivity contribution is 6.33. The Kier molecular flexibility index (Phi) is 9.42. The van der Waals surface area contributed by atoms with Crippen LogP contribution < -0.4 is 5.32 Å². The molecule has 0 unspecified atom stereocenters. The number of nitriles is 1. The summed E-state index contributed by atoms with van der Waals surface area (Å²) in [6, 6.07) is 12.3. The molecule has 0 bridgehead atoms. The van der Waals surface area contributed by atoms with Gasteiger partial charge in [0.25, 0.3) is 0 Å². The van der Waals surface area contributed by atoms with Crippen LogP contribution in [-0.4, -0.2) is 57.6 Å². The van der Waals surface area contributed by atoms with Crippen molar-refractivity contribution >= 4 is 46.4 Å². The number of carbonyl (C=O) groups is 3. The average molecular weight is 594 g/mol. The van der Waals surface area contributed by atoms with E-state index in [-0.39, 0.29) is 24.4 Å². The van der Waals surface area contributed by atoms with Gasteiger partial charge in [0.2, 0.25) is 5.91 Å². The van der Waals surface area contributed by atoms with Gasteiger partial charge in [-0.3, -0.25) is 4.79 Å². The molecule has 2 aromatic carbocycles. The number of ether oxygens (including phenoxy) is 2. The zero-order valence-electron chi connectivity index (χ0n) is 24.6. The lowest BCUT2D eigenvalue weighted by Gasteiger charge is -2.33. The molecule has 0 saturated carbocycles. The van der Waals surface area contributed by atoms with Crippen LogP contribution in [0.15, 0.2) is 36.4 Å². The number of likely N-dealkylation sites (tertiary alicyclic amines) is 1. The molecule has 0 aliphatic carbocycles. The van der Waals surface area contributed by atoms with Gasteiger partial charge in [-0.05, 0) is 82.3 Å². The Balaban J connectivity index is 1.69. The van der Waals surface area contributed by atoms with Gasteiger partial charge in [-0.1, -0.05) is 31.5 Å². The Labute approximate surface area is 250 Å². The summed E-state index contributed by atoms with van der Waals surface area (Å²) < 4.78 is 12.3. The maximum atomic E-state index is 13.5. The number of fused-ring (bicyclic) bond motifs is 1. The molecule has 1 aliphatic rings. The van der Waals surface area contributed by atoms with Gasteiger partial charge >= 0.3 is 12.2 Å². The van der Waals surface area contributed by atoms with Crippen LogP contribution in [0.5, 0.6) is 0 Å². The molecule has 1 fully saturated rings. The Morgan fingerprint density at radius 3 is 2.55 bits per heavy atom. The first-order valence-corrected chi connectivity index (χ1v) is 14.5. The third-order valence-corrected chi connectivity index (χ3v) is 7.45. The van der Waals surface area contributed by atoms with Crippen molar-refractivity contribution in [2.75, 3.05) is 18.4 Å². The number of halogens is 1. The lowest BCUT2D eigenvalue weighted by molar-refractivity contribution is -0.121. The summed E-state index contributed by atoms with van der Waals surface area (Å²) in [5.41, 5.74) is 1.55. The number of hydrogen-bond donors (Lipinski definition) is 1. The molecule has 1 N–H and O–H groups in total. The van der Waals surface area contributed by atoms with Crippen LogP contribution in [0.1, 0.15) is 65.9 Å². The van der Waals surface area contributed by atoms with Gasteiger partial charge in [-0.15, -0.1) is 5.10 Å². The van der Waals surface area contributed by atoms with Crippen LogP contribution >= 0.6 is 11.6 Å². The van der Waals surface area contributed by atoms with Crippen LogP contribution in [0, 0.1) is 17.2 Å². The van der Waals surface area contributed by atoms with Gasteiger partial charge in [0.1, 0.15) is 11.7 Å². The fourth-order valence-corrected chi connectivity index (χ4v) is 5.11. The number of hydrogen-bond acceptors (Lipinski definition) is 7. The number of piperidine rings is 1. The first-order chi connectivity index (χ1) is 19.9. The van der Waals surface area contributed by atoms with E-state index in [0.717, 1.165) is 4.68 Å². The summed E-state index contributed by atoms with van der Waals surface area (Å²) in [6.45, 7) is 9.98. The van der Waals surface area contributed by atoms with Gasteiger partial charge in [0.15, 0.2) is 5.82 Å². The Morgan fingerprint density at radius 2 is 1.88 bits per heavy atom. The molecule has 1 aromatic heterocycles. The minimum absolute atomic E-state index is 0.181. The Bertz CT molecular complexity index is 1530. The highest BCUT2D eigenvalue weighted by Gasteiger charge is 2.32. The highest BCUT2D eigenvalue weighted by atomic mass is 35.5. The molecule has 1 atom stereocenters. The summed E-state index contributed by atoms with van der Waals surface area (Å²) in [5.74, 6) is -0.633. The van der Waals surface area contributed by atoms with E-state index >= 15 is 0 Å². The highest BCUT2D eigenvalue weighted by Crippen LogP contribution is 2.34. The normalized spacial score (nSPS) is 15.4. The molecule has 11 heteroatoms. The predicted octanol–water partition coefficient (Wildman–Crippen LogP) is 6.99. The number of nitrogens with zero attached hydrogens (tertiary/aromatic N) is 4. The molecule has 3 aromatic rings. The zero-order chi connectivity index (χ0) is 30.6. The van der Waals surface area contributed by atoms with E-state index in [1.54, 1.807) is 62.1 Å². The minimum Gasteiger partial charge on any atom is -0.445 e. The van der Waals surface area contributed by atoms with Crippen LogP contribution in [0.4, 0.5) is 15.4 Å². The van der Waals surface area contributed by atoms with E-state index in [4.69, 9.17) is 21.1 Å². The molecule has 42 heavy (non-hydrogen) atoms. The van der Waals surface area contributed by atoms with Crippen LogP contribution in [0.3, 0.4) is 0 Å². The van der Waals surface area contributed by atoms with E-state index in [1.807, 2.05) is 13.8 Å². The smallest absolute Gasteiger partial charge is 0.435 e. The summed E-state index contributed by atoms with van der Waals surface area (Å²) in [7, 11) is 0. The van der Waals surface area contributed by atoms with Crippen LogP contribution in [0.25, 0.3) is 22.0 Å². The van der Waals surface area contributed by atoms with Crippen molar-refractivity contribution in [3.8, 4) is 17.2 Å². The predicted molar refractivity (Wildman–Crippen MR) is 160 cm³/mol. The molecule has 2 heterocycles. The molecule has 4 rings (SSSR count). The quantitative estimate of drug-likeness (QED) is 0.326. The monoisotopic (exact) mass is 593 g/mol. The maximum absolute atomic E-state index is 13.5. The third-order valence-electron chi connectivity index (χ3n) is 7.12.